The molecule has 0 aliphatic rings. The van der Waals surface area contributed by atoms with Crippen LogP contribution in [0.1, 0.15) is 6.92 Å². The Kier molecular flexibility index (Phi) is 2.30. The standard InChI is InChI=1S/C9H8BrClN2/c1-2-13-9(11)7-4-3-6(10)5-8(7)12-13/h3-5H,2H2,1H3. The second kappa shape index (κ2) is 3.31. The number of hydrogen-bond donors (Lipinski definition) is 0. The molecule has 1 aromatic carbocycles. The predicted octanol–water partition coefficient (Wildman–Crippen LogP) is 3.47. The second-order valence-electron chi connectivity index (χ2n) is 2.77. The summed E-state index contributed by atoms with van der Waals surface area (Å²) in [6, 6.07) is 5.91. The molecule has 1 aromatic heterocycles. The van der Waals surface area contributed by atoms with Crippen LogP contribution >= 0.6 is 27.5 Å². The van der Waals surface area contributed by atoms with Gasteiger partial charge < -0.3 is 0 Å². The molecule has 68 valence electrons. The molecule has 0 unspecified atom stereocenters. The van der Waals surface area contributed by atoms with E-state index in [1.807, 2.05) is 25.1 Å². The quantitative estimate of drug-likeness (QED) is 0.767. The molecule has 13 heavy (non-hydrogen) atoms. The van der Waals surface area contributed by atoms with Crippen LogP contribution in [-0.2, 0) is 6.54 Å². The van der Waals surface area contributed by atoms with Gasteiger partial charge in [0.05, 0.1) is 5.52 Å². The molecule has 0 atom stereocenters. The Balaban J connectivity index is 2.76. The Morgan fingerprint density at radius 1 is 1.54 bits per heavy atom. The first-order valence-electron chi connectivity index (χ1n) is 4.04. The molecule has 2 rings (SSSR count). The zero-order chi connectivity index (χ0) is 9.42. The molecule has 0 spiro atoms. The Morgan fingerprint density at radius 3 is 3.00 bits per heavy atom. The third kappa shape index (κ3) is 1.46. The van der Waals surface area contributed by atoms with E-state index in [1.165, 1.54) is 0 Å². The van der Waals surface area contributed by atoms with Gasteiger partial charge in [-0.3, -0.25) is 4.68 Å². The van der Waals surface area contributed by atoms with Crippen LogP contribution in [0.3, 0.4) is 0 Å². The van der Waals surface area contributed by atoms with Gasteiger partial charge in [0.2, 0.25) is 0 Å². The van der Waals surface area contributed by atoms with Gasteiger partial charge >= 0.3 is 0 Å². The van der Waals surface area contributed by atoms with Crippen LogP contribution in [-0.4, -0.2) is 9.78 Å². The van der Waals surface area contributed by atoms with E-state index in [2.05, 4.69) is 21.0 Å². The number of benzene rings is 1. The normalized spacial score (nSPS) is 11.0. The summed E-state index contributed by atoms with van der Waals surface area (Å²) in [5.74, 6) is 0. The molecule has 2 aromatic rings. The third-order valence-electron chi connectivity index (χ3n) is 1.94. The van der Waals surface area contributed by atoms with Gasteiger partial charge in [-0.1, -0.05) is 27.5 Å². The molecule has 0 radical (unpaired) electrons. The summed E-state index contributed by atoms with van der Waals surface area (Å²) in [6.07, 6.45) is 0. The van der Waals surface area contributed by atoms with Gasteiger partial charge in [0.25, 0.3) is 0 Å². The van der Waals surface area contributed by atoms with E-state index in [-0.39, 0.29) is 0 Å². The highest BCUT2D eigenvalue weighted by atomic mass is 79.9. The van der Waals surface area contributed by atoms with Gasteiger partial charge in [0, 0.05) is 16.4 Å². The summed E-state index contributed by atoms with van der Waals surface area (Å²) < 4.78 is 2.82. The van der Waals surface area contributed by atoms with Crippen LogP contribution in [0.5, 0.6) is 0 Å². The summed E-state index contributed by atoms with van der Waals surface area (Å²) >= 11 is 9.49. The highest BCUT2D eigenvalue weighted by molar-refractivity contribution is 9.10. The number of hydrogen-bond acceptors (Lipinski definition) is 1. The molecule has 0 fully saturated rings. The molecular weight excluding hydrogens is 251 g/mol. The average Bonchev–Trinajstić information content (AvgIpc) is 2.42. The Hall–Kier alpha value is -0.540. The molecule has 0 saturated carbocycles. The van der Waals surface area contributed by atoms with Gasteiger partial charge in [-0.2, -0.15) is 5.10 Å². The van der Waals surface area contributed by atoms with Crippen molar-refractivity contribution >= 4 is 38.4 Å². The lowest BCUT2D eigenvalue weighted by atomic mass is 10.3. The zero-order valence-corrected chi connectivity index (χ0v) is 9.43. The molecule has 4 heteroatoms. The van der Waals surface area contributed by atoms with Gasteiger partial charge in [-0.15, -0.1) is 0 Å². The molecule has 0 aliphatic heterocycles. The van der Waals surface area contributed by atoms with E-state index in [4.69, 9.17) is 11.6 Å². The van der Waals surface area contributed by atoms with E-state index >= 15 is 0 Å². The van der Waals surface area contributed by atoms with Gasteiger partial charge in [-0.25, -0.2) is 0 Å². The SMILES string of the molecule is CCn1nc2cc(Br)ccc2c1Cl. The third-order valence-corrected chi connectivity index (χ3v) is 2.83. The first-order chi connectivity index (χ1) is 6.22. The summed E-state index contributed by atoms with van der Waals surface area (Å²) in [4.78, 5) is 0. The highest BCUT2D eigenvalue weighted by Crippen LogP contribution is 2.25. The lowest BCUT2D eigenvalue weighted by Gasteiger charge is -1.93. The van der Waals surface area contributed by atoms with Gasteiger partial charge in [0.15, 0.2) is 0 Å². The number of halogens is 2. The maximum absolute atomic E-state index is 6.09. The number of rotatable bonds is 1. The molecule has 0 saturated heterocycles. The molecule has 0 bridgehead atoms. The molecular formula is C9H8BrClN2. The highest BCUT2D eigenvalue weighted by Gasteiger charge is 2.07. The van der Waals surface area contributed by atoms with Gasteiger partial charge in [0.1, 0.15) is 5.15 Å². The fraction of sp³-hybridized carbons (Fsp3) is 0.222. The van der Waals surface area contributed by atoms with E-state index in [0.29, 0.717) is 5.15 Å². The van der Waals surface area contributed by atoms with Crippen LogP contribution in [0.25, 0.3) is 10.9 Å². The van der Waals surface area contributed by atoms with Crippen molar-refractivity contribution in [3.05, 3.63) is 27.8 Å². The summed E-state index contributed by atoms with van der Waals surface area (Å²) in [6.45, 7) is 2.82. The summed E-state index contributed by atoms with van der Waals surface area (Å²) in [5, 5.41) is 6.07. The number of nitrogens with zero attached hydrogens (tertiary/aromatic N) is 2. The minimum Gasteiger partial charge on any atom is -0.253 e. The van der Waals surface area contributed by atoms with Crippen LogP contribution in [0.15, 0.2) is 22.7 Å². The number of aryl methyl sites for hydroxylation is 1. The van der Waals surface area contributed by atoms with E-state index in [0.717, 1.165) is 21.9 Å². The first-order valence-corrected chi connectivity index (χ1v) is 5.21. The van der Waals surface area contributed by atoms with E-state index in [9.17, 15) is 0 Å². The lowest BCUT2D eigenvalue weighted by molar-refractivity contribution is 0.669. The van der Waals surface area contributed by atoms with Crippen LogP contribution < -0.4 is 0 Å². The minimum atomic E-state index is 0.713. The topological polar surface area (TPSA) is 17.8 Å². The molecule has 1 heterocycles. The van der Waals surface area contributed by atoms with E-state index in [1.54, 1.807) is 4.68 Å². The lowest BCUT2D eigenvalue weighted by Crippen LogP contribution is -1.94. The summed E-state index contributed by atoms with van der Waals surface area (Å²) in [5.41, 5.74) is 0.932. The number of fused-ring (bicyclic) bond motifs is 1. The Bertz CT molecular complexity index is 450. The number of aromatic nitrogens is 2. The van der Waals surface area contributed by atoms with Crippen molar-refractivity contribution in [1.82, 2.24) is 9.78 Å². The molecule has 0 amide bonds. The molecule has 0 N–H and O–H groups in total. The van der Waals surface area contributed by atoms with Crippen LogP contribution in [0, 0.1) is 0 Å². The fourth-order valence-corrected chi connectivity index (χ4v) is 1.95. The predicted molar refractivity (Wildman–Crippen MR) is 58.1 cm³/mol. The van der Waals surface area contributed by atoms with E-state index < -0.39 is 0 Å². The first kappa shape index (κ1) is 9.03. The smallest absolute Gasteiger partial charge is 0.134 e. The van der Waals surface area contributed by atoms with Crippen molar-refractivity contribution in [1.29, 1.82) is 0 Å². The van der Waals surface area contributed by atoms with Crippen molar-refractivity contribution < 1.29 is 0 Å². The van der Waals surface area contributed by atoms with Crippen LogP contribution in [0.4, 0.5) is 0 Å². The molecule has 2 nitrogen and oxygen atoms in total. The Morgan fingerprint density at radius 2 is 2.31 bits per heavy atom. The van der Waals surface area contributed by atoms with Crippen LogP contribution in [0.2, 0.25) is 5.15 Å². The monoisotopic (exact) mass is 258 g/mol. The maximum atomic E-state index is 6.09. The minimum absolute atomic E-state index is 0.713. The second-order valence-corrected chi connectivity index (χ2v) is 4.04. The summed E-state index contributed by atoms with van der Waals surface area (Å²) in [7, 11) is 0. The largest absolute Gasteiger partial charge is 0.253 e. The van der Waals surface area contributed by atoms with Gasteiger partial charge in [-0.05, 0) is 25.1 Å². The fourth-order valence-electron chi connectivity index (χ4n) is 1.28. The van der Waals surface area contributed by atoms with Crippen molar-refractivity contribution in [3.8, 4) is 0 Å². The Labute approximate surface area is 89.6 Å². The van der Waals surface area contributed by atoms with Crippen molar-refractivity contribution in [3.63, 3.8) is 0 Å². The average molecular weight is 260 g/mol. The van der Waals surface area contributed by atoms with Crippen molar-refractivity contribution in [2.45, 2.75) is 13.5 Å². The van der Waals surface area contributed by atoms with Crippen molar-refractivity contribution in [2.24, 2.45) is 0 Å². The zero-order valence-electron chi connectivity index (χ0n) is 7.09. The van der Waals surface area contributed by atoms with Crippen molar-refractivity contribution in [2.75, 3.05) is 0 Å². The maximum Gasteiger partial charge on any atom is 0.134 e. The molecule has 0 aliphatic carbocycles.